The van der Waals surface area contributed by atoms with Gasteiger partial charge in [-0.2, -0.15) is 8.42 Å². The van der Waals surface area contributed by atoms with Gasteiger partial charge in [0.1, 0.15) is 5.84 Å². The highest BCUT2D eigenvalue weighted by molar-refractivity contribution is 7.90. The molecule has 0 spiro atoms. The summed E-state index contributed by atoms with van der Waals surface area (Å²) in [7, 11) is -3.78. The summed E-state index contributed by atoms with van der Waals surface area (Å²) >= 11 is 5.04. The molecule has 3 rings (SSSR count). The Hall–Kier alpha value is -2.45. The van der Waals surface area contributed by atoms with Crippen LogP contribution < -0.4 is 5.32 Å². The van der Waals surface area contributed by atoms with Crippen LogP contribution >= 0.6 is 12.2 Å². The summed E-state index contributed by atoms with van der Waals surface area (Å²) in [5.41, 5.74) is 4.97. The minimum atomic E-state index is -3.78. The Balaban J connectivity index is 1.98. The zero-order valence-electron chi connectivity index (χ0n) is 14.9. The number of aromatic nitrogens is 1. The molecule has 3 aromatic rings. The molecule has 0 aliphatic rings. The Morgan fingerprint density at radius 2 is 1.85 bits per heavy atom. The molecule has 6 nitrogen and oxygen atoms in total. The third-order valence-corrected chi connectivity index (χ3v) is 5.62. The summed E-state index contributed by atoms with van der Waals surface area (Å²) in [4.78, 5) is 3.45. The van der Waals surface area contributed by atoms with E-state index in [0.717, 1.165) is 27.9 Å². The molecule has 8 heteroatoms. The number of hydrogen-bond acceptors (Lipinski definition) is 4. The standard InChI is InChI=1S/C18H19N3O3S2/c1-10-5-7-14(8-6-10)26(22,23)21-13(4)19-16-11(2)9-15-17(12(16)3)20-18(25)24-15/h5-9H,1-4H3,(H,19,21)(H,20,25). The number of aryl methyl sites for hydroxylation is 3. The van der Waals surface area contributed by atoms with E-state index in [-0.39, 0.29) is 10.7 Å². The summed E-state index contributed by atoms with van der Waals surface area (Å²) in [5.74, 6) is 0.276. The highest BCUT2D eigenvalue weighted by Gasteiger charge is 2.15. The number of amidine groups is 1. The molecule has 26 heavy (non-hydrogen) atoms. The fourth-order valence-corrected chi connectivity index (χ4v) is 3.93. The van der Waals surface area contributed by atoms with E-state index in [2.05, 4.69) is 14.7 Å². The summed E-state index contributed by atoms with van der Waals surface area (Å²) in [6.07, 6.45) is 0. The van der Waals surface area contributed by atoms with E-state index in [9.17, 15) is 8.42 Å². The van der Waals surface area contributed by atoms with Gasteiger partial charge in [-0.25, -0.2) is 0 Å². The van der Waals surface area contributed by atoms with Crippen LogP contribution in [0.5, 0.6) is 0 Å². The third-order valence-electron chi connectivity index (χ3n) is 4.05. The normalized spacial score (nSPS) is 12.5. The minimum absolute atomic E-state index is 0.159. The number of benzene rings is 2. The van der Waals surface area contributed by atoms with Crippen LogP contribution in [0.4, 0.5) is 5.69 Å². The Morgan fingerprint density at radius 3 is 2.50 bits per heavy atom. The zero-order chi connectivity index (χ0) is 19.1. The first-order chi connectivity index (χ1) is 12.2. The molecular weight excluding hydrogens is 370 g/mol. The summed E-state index contributed by atoms with van der Waals surface area (Å²) in [6.45, 7) is 7.32. The monoisotopic (exact) mass is 389 g/mol. The van der Waals surface area contributed by atoms with Crippen LogP contribution in [0.2, 0.25) is 0 Å². The number of sulfonamides is 1. The molecule has 0 radical (unpaired) electrons. The van der Waals surface area contributed by atoms with Gasteiger partial charge in [-0.15, -0.1) is 4.40 Å². The molecule has 2 aromatic carbocycles. The van der Waals surface area contributed by atoms with Crippen LogP contribution in [0.15, 0.2) is 44.0 Å². The van der Waals surface area contributed by atoms with Crippen molar-refractivity contribution in [3.63, 3.8) is 0 Å². The SMILES string of the molecule is CC(=NS(=O)(=O)c1ccc(C)cc1)Nc1c(C)cc2oc(=S)[nH]c2c1C. The fraction of sp³-hybridized carbons (Fsp3) is 0.222. The van der Waals surface area contributed by atoms with Crippen molar-refractivity contribution in [1.82, 2.24) is 4.98 Å². The summed E-state index contributed by atoms with van der Waals surface area (Å²) in [6, 6.07) is 8.44. The molecule has 0 saturated carbocycles. The Bertz CT molecular complexity index is 1170. The van der Waals surface area contributed by atoms with Gasteiger partial charge in [0.2, 0.25) is 0 Å². The molecule has 0 fully saturated rings. The number of hydrogen-bond donors (Lipinski definition) is 2. The van der Waals surface area contributed by atoms with Gasteiger partial charge in [0.15, 0.2) is 5.58 Å². The highest BCUT2D eigenvalue weighted by atomic mass is 32.2. The lowest BCUT2D eigenvalue weighted by Crippen LogP contribution is -2.13. The van der Waals surface area contributed by atoms with E-state index in [0.29, 0.717) is 10.4 Å². The highest BCUT2D eigenvalue weighted by Crippen LogP contribution is 2.29. The van der Waals surface area contributed by atoms with Crippen LogP contribution in [0.3, 0.4) is 0 Å². The van der Waals surface area contributed by atoms with Gasteiger partial charge in [0.25, 0.3) is 14.9 Å². The third kappa shape index (κ3) is 3.56. The second-order valence-electron chi connectivity index (χ2n) is 6.17. The summed E-state index contributed by atoms with van der Waals surface area (Å²) in [5, 5.41) is 3.09. The molecule has 0 saturated heterocycles. The van der Waals surface area contributed by atoms with Gasteiger partial charge in [-0.1, -0.05) is 17.7 Å². The van der Waals surface area contributed by atoms with Crippen molar-refractivity contribution >= 4 is 44.9 Å². The number of H-pyrrole nitrogens is 1. The van der Waals surface area contributed by atoms with E-state index >= 15 is 0 Å². The minimum Gasteiger partial charge on any atom is -0.429 e. The zero-order valence-corrected chi connectivity index (χ0v) is 16.5. The van der Waals surface area contributed by atoms with E-state index in [1.165, 1.54) is 0 Å². The lowest BCUT2D eigenvalue weighted by Gasteiger charge is -2.13. The number of nitrogens with zero attached hydrogens (tertiary/aromatic N) is 1. The quantitative estimate of drug-likeness (QED) is 0.387. The first kappa shape index (κ1) is 18.3. The topological polar surface area (TPSA) is 87.5 Å². The lowest BCUT2D eigenvalue weighted by atomic mass is 10.1. The molecule has 1 heterocycles. The number of oxazole rings is 1. The molecule has 0 bridgehead atoms. The Labute approximate surface area is 157 Å². The molecular formula is C18H19N3O3S2. The predicted octanol–water partition coefficient (Wildman–Crippen LogP) is 4.63. The lowest BCUT2D eigenvalue weighted by molar-refractivity contribution is 0.583. The van der Waals surface area contributed by atoms with Crippen molar-refractivity contribution < 1.29 is 12.8 Å². The molecule has 136 valence electrons. The number of fused-ring (bicyclic) bond motifs is 1. The van der Waals surface area contributed by atoms with Crippen molar-refractivity contribution in [2.45, 2.75) is 32.6 Å². The second kappa shape index (κ2) is 6.69. The van der Waals surface area contributed by atoms with Gasteiger partial charge in [-0.3, -0.25) is 0 Å². The molecule has 0 aliphatic carbocycles. The smallest absolute Gasteiger partial charge is 0.283 e. The number of anilines is 1. The molecule has 0 amide bonds. The second-order valence-corrected chi connectivity index (χ2v) is 8.15. The Kier molecular flexibility index (Phi) is 4.72. The van der Waals surface area contributed by atoms with Crippen molar-refractivity contribution in [2.24, 2.45) is 4.40 Å². The average molecular weight is 390 g/mol. The number of nitrogens with one attached hydrogen (secondary N) is 2. The van der Waals surface area contributed by atoms with Crippen LogP contribution in [0.1, 0.15) is 23.6 Å². The van der Waals surface area contributed by atoms with Crippen LogP contribution in [0.25, 0.3) is 11.1 Å². The molecule has 0 aliphatic heterocycles. The largest absolute Gasteiger partial charge is 0.429 e. The van der Waals surface area contributed by atoms with Gasteiger partial charge in [0.05, 0.1) is 10.4 Å². The van der Waals surface area contributed by atoms with Gasteiger partial charge < -0.3 is 14.7 Å². The average Bonchev–Trinajstić information content (AvgIpc) is 2.92. The summed E-state index contributed by atoms with van der Waals surface area (Å²) < 4.78 is 34.3. The molecule has 0 unspecified atom stereocenters. The predicted molar refractivity (Wildman–Crippen MR) is 106 cm³/mol. The van der Waals surface area contributed by atoms with Crippen molar-refractivity contribution in [1.29, 1.82) is 0 Å². The molecule has 2 N–H and O–H groups in total. The van der Waals surface area contributed by atoms with Gasteiger partial charge in [-0.05, 0) is 63.7 Å². The maximum Gasteiger partial charge on any atom is 0.283 e. The van der Waals surface area contributed by atoms with E-state index in [1.54, 1.807) is 31.2 Å². The van der Waals surface area contributed by atoms with E-state index in [4.69, 9.17) is 16.6 Å². The van der Waals surface area contributed by atoms with Crippen LogP contribution in [-0.2, 0) is 10.0 Å². The van der Waals surface area contributed by atoms with E-state index in [1.807, 2.05) is 26.8 Å². The van der Waals surface area contributed by atoms with Crippen LogP contribution in [0, 0.1) is 25.6 Å². The maximum atomic E-state index is 12.5. The van der Waals surface area contributed by atoms with Gasteiger partial charge in [0, 0.05) is 11.3 Å². The van der Waals surface area contributed by atoms with Gasteiger partial charge >= 0.3 is 0 Å². The van der Waals surface area contributed by atoms with Crippen molar-refractivity contribution in [2.75, 3.05) is 5.32 Å². The van der Waals surface area contributed by atoms with Crippen molar-refractivity contribution in [3.05, 3.63) is 51.9 Å². The fourth-order valence-electron chi connectivity index (χ4n) is 2.75. The Morgan fingerprint density at radius 1 is 1.19 bits per heavy atom. The molecule has 0 atom stereocenters. The number of rotatable bonds is 3. The molecule has 1 aromatic heterocycles. The van der Waals surface area contributed by atoms with E-state index < -0.39 is 10.0 Å². The maximum absolute atomic E-state index is 12.5. The first-order valence-electron chi connectivity index (χ1n) is 7.95. The first-order valence-corrected chi connectivity index (χ1v) is 9.80. The van der Waals surface area contributed by atoms with Crippen LogP contribution in [-0.4, -0.2) is 19.2 Å². The van der Waals surface area contributed by atoms with Crippen molar-refractivity contribution in [3.8, 4) is 0 Å². The number of aromatic amines is 1.